The van der Waals surface area contributed by atoms with Gasteiger partial charge in [0.1, 0.15) is 0 Å². The van der Waals surface area contributed by atoms with Gasteiger partial charge in [-0.2, -0.15) is 0 Å². The van der Waals surface area contributed by atoms with Crippen LogP contribution in [-0.2, 0) is 9.59 Å². The fraction of sp³-hybridized carbons (Fsp3) is 0.385. The van der Waals surface area contributed by atoms with Crippen molar-refractivity contribution < 1.29 is 14.5 Å². The first-order valence-corrected chi connectivity index (χ1v) is 6.82. The van der Waals surface area contributed by atoms with E-state index in [1.54, 1.807) is 39.3 Å². The van der Waals surface area contributed by atoms with Crippen LogP contribution in [0.2, 0.25) is 10.0 Å². The molecule has 1 atom stereocenters. The number of carbonyl (C=O) groups excluding carboxylic acids is 2. The molecule has 5 nitrogen and oxygen atoms in total. The molecule has 0 fully saturated rings. The van der Waals surface area contributed by atoms with Crippen LogP contribution in [0.5, 0.6) is 0 Å². The maximum atomic E-state index is 11.9. The van der Waals surface area contributed by atoms with Crippen LogP contribution in [0, 0.1) is 0 Å². The number of hydrogen-bond donors (Lipinski definition) is 2. The van der Waals surface area contributed by atoms with Crippen LogP contribution in [0.4, 0.5) is 5.69 Å². The summed E-state index contributed by atoms with van der Waals surface area (Å²) in [6, 6.07) is 5.02. The van der Waals surface area contributed by atoms with E-state index in [-0.39, 0.29) is 24.9 Å². The molecule has 7 heteroatoms. The minimum atomic E-state index is -0.224. The van der Waals surface area contributed by atoms with Gasteiger partial charge < -0.3 is 15.1 Å². The summed E-state index contributed by atoms with van der Waals surface area (Å²) in [5, 5.41) is 3.38. The lowest BCUT2D eigenvalue weighted by Gasteiger charge is -2.16. The third-order valence-electron chi connectivity index (χ3n) is 2.64. The zero-order chi connectivity index (χ0) is 15.3. The highest BCUT2D eigenvalue weighted by atomic mass is 35.5. The van der Waals surface area contributed by atoms with Gasteiger partial charge in [0.25, 0.3) is 11.8 Å². The molecule has 0 saturated carbocycles. The Labute approximate surface area is 128 Å². The Kier molecular flexibility index (Phi) is 6.26. The summed E-state index contributed by atoms with van der Waals surface area (Å²) < 4.78 is 0. The van der Waals surface area contributed by atoms with Gasteiger partial charge in [0.05, 0.1) is 22.8 Å². The first kappa shape index (κ1) is 16.8. The lowest BCUT2D eigenvalue weighted by Crippen LogP contribution is -3.11. The zero-order valence-electron chi connectivity index (χ0n) is 11.7. The number of benzene rings is 1. The second-order valence-electron chi connectivity index (χ2n) is 4.75. The Bertz CT molecular complexity index is 506. The van der Waals surface area contributed by atoms with Crippen molar-refractivity contribution in [1.29, 1.82) is 0 Å². The summed E-state index contributed by atoms with van der Waals surface area (Å²) in [4.78, 5) is 25.7. The molecule has 0 bridgehead atoms. The summed E-state index contributed by atoms with van der Waals surface area (Å²) in [6.45, 7) is 0.423. The van der Waals surface area contributed by atoms with Crippen LogP contribution < -0.4 is 10.2 Å². The van der Waals surface area contributed by atoms with Crippen molar-refractivity contribution in [2.24, 2.45) is 0 Å². The minimum Gasteiger partial charge on any atom is -0.344 e. The Balaban J connectivity index is 2.55. The summed E-state index contributed by atoms with van der Waals surface area (Å²) in [5.41, 5.74) is 0.468. The van der Waals surface area contributed by atoms with Gasteiger partial charge in [-0.3, -0.25) is 9.59 Å². The third kappa shape index (κ3) is 5.00. The molecule has 0 saturated heterocycles. The molecule has 20 heavy (non-hydrogen) atoms. The number of carbonyl (C=O) groups is 2. The molecular weight excluding hydrogens is 301 g/mol. The standard InChI is InChI=1S/C13H17Cl2N3O2/c1-17(2)12(20)8-18(3)7-11(19)16-10-6-4-5-9(14)13(10)15/h4-6H,7-8H2,1-3H3,(H,16,19)/p+1. The monoisotopic (exact) mass is 318 g/mol. The number of halogens is 2. The van der Waals surface area contributed by atoms with E-state index >= 15 is 0 Å². The first-order chi connectivity index (χ1) is 9.31. The highest BCUT2D eigenvalue weighted by Gasteiger charge is 2.16. The number of nitrogens with zero attached hydrogens (tertiary/aromatic N) is 1. The maximum Gasteiger partial charge on any atom is 0.279 e. The quantitative estimate of drug-likeness (QED) is 0.832. The Morgan fingerprint density at radius 3 is 2.50 bits per heavy atom. The lowest BCUT2D eigenvalue weighted by atomic mass is 10.3. The SMILES string of the molecule is CN(C)C(=O)C[NH+](C)CC(=O)Nc1cccc(Cl)c1Cl. The average Bonchev–Trinajstić information content (AvgIpc) is 2.34. The van der Waals surface area contributed by atoms with Crippen molar-refractivity contribution in [2.75, 3.05) is 39.5 Å². The van der Waals surface area contributed by atoms with Gasteiger partial charge in [0.2, 0.25) is 0 Å². The van der Waals surface area contributed by atoms with Crippen LogP contribution in [0.25, 0.3) is 0 Å². The van der Waals surface area contributed by atoms with Gasteiger partial charge in [-0.25, -0.2) is 0 Å². The van der Waals surface area contributed by atoms with Crippen LogP contribution in [0.3, 0.4) is 0 Å². The number of quaternary nitrogens is 1. The topological polar surface area (TPSA) is 53.9 Å². The van der Waals surface area contributed by atoms with Gasteiger partial charge in [-0.15, -0.1) is 0 Å². The van der Waals surface area contributed by atoms with E-state index in [1.807, 2.05) is 0 Å². The summed E-state index contributed by atoms with van der Waals surface area (Å²) in [6.07, 6.45) is 0. The molecule has 1 aromatic carbocycles. The molecule has 2 N–H and O–H groups in total. The summed E-state index contributed by atoms with van der Waals surface area (Å²) in [7, 11) is 5.14. The highest BCUT2D eigenvalue weighted by Crippen LogP contribution is 2.29. The Hall–Kier alpha value is -1.30. The third-order valence-corrected chi connectivity index (χ3v) is 3.46. The molecule has 0 radical (unpaired) electrons. The van der Waals surface area contributed by atoms with Crippen molar-refractivity contribution in [1.82, 2.24) is 4.90 Å². The second kappa shape index (κ2) is 7.47. The predicted molar refractivity (Wildman–Crippen MR) is 80.4 cm³/mol. The Morgan fingerprint density at radius 2 is 1.90 bits per heavy atom. The van der Waals surface area contributed by atoms with Crippen LogP contribution in [0.15, 0.2) is 18.2 Å². The minimum absolute atomic E-state index is 0.0314. The number of rotatable bonds is 5. The molecule has 0 aliphatic rings. The normalized spacial score (nSPS) is 11.8. The highest BCUT2D eigenvalue weighted by molar-refractivity contribution is 6.43. The number of hydrogen-bond acceptors (Lipinski definition) is 2. The summed E-state index contributed by atoms with van der Waals surface area (Å²) in [5.74, 6) is -0.255. The largest absolute Gasteiger partial charge is 0.344 e. The fourth-order valence-corrected chi connectivity index (χ4v) is 1.90. The van der Waals surface area contributed by atoms with E-state index in [4.69, 9.17) is 23.2 Å². The molecule has 1 aromatic rings. The van der Waals surface area contributed by atoms with E-state index in [9.17, 15) is 9.59 Å². The van der Waals surface area contributed by atoms with E-state index in [1.165, 1.54) is 4.90 Å². The molecule has 1 rings (SSSR count). The van der Waals surface area contributed by atoms with Crippen molar-refractivity contribution >= 4 is 40.7 Å². The predicted octanol–water partition coefficient (Wildman–Crippen LogP) is 0.535. The molecule has 0 aliphatic heterocycles. The Morgan fingerprint density at radius 1 is 1.25 bits per heavy atom. The van der Waals surface area contributed by atoms with E-state index in [0.717, 1.165) is 4.90 Å². The molecule has 0 aromatic heterocycles. The van der Waals surface area contributed by atoms with Crippen LogP contribution >= 0.6 is 23.2 Å². The maximum absolute atomic E-state index is 11.9. The van der Waals surface area contributed by atoms with Crippen molar-refractivity contribution in [3.8, 4) is 0 Å². The number of anilines is 1. The average molecular weight is 319 g/mol. The lowest BCUT2D eigenvalue weighted by molar-refractivity contribution is -0.862. The van der Waals surface area contributed by atoms with Crippen molar-refractivity contribution in [3.05, 3.63) is 28.2 Å². The molecule has 0 spiro atoms. The summed E-state index contributed by atoms with van der Waals surface area (Å²) >= 11 is 11.9. The molecule has 1 unspecified atom stereocenters. The molecule has 110 valence electrons. The van der Waals surface area contributed by atoms with Gasteiger partial charge in [0, 0.05) is 14.1 Å². The van der Waals surface area contributed by atoms with E-state index in [0.29, 0.717) is 15.7 Å². The molecular formula is C13H18Cl2N3O2+. The van der Waals surface area contributed by atoms with Gasteiger partial charge in [-0.05, 0) is 12.1 Å². The first-order valence-electron chi connectivity index (χ1n) is 6.06. The molecule has 0 heterocycles. The van der Waals surface area contributed by atoms with Crippen LogP contribution in [0.1, 0.15) is 0 Å². The molecule has 2 amide bonds. The zero-order valence-corrected chi connectivity index (χ0v) is 13.2. The number of likely N-dealkylation sites (N-methyl/N-ethyl adjacent to an activating group) is 2. The van der Waals surface area contributed by atoms with Gasteiger partial charge in [0.15, 0.2) is 13.1 Å². The van der Waals surface area contributed by atoms with Crippen molar-refractivity contribution in [3.63, 3.8) is 0 Å². The van der Waals surface area contributed by atoms with Gasteiger partial charge >= 0.3 is 0 Å². The van der Waals surface area contributed by atoms with Crippen LogP contribution in [-0.4, -0.2) is 50.9 Å². The number of amides is 2. The number of nitrogens with one attached hydrogen (secondary N) is 2. The van der Waals surface area contributed by atoms with E-state index in [2.05, 4.69) is 5.32 Å². The fourth-order valence-electron chi connectivity index (χ4n) is 1.55. The van der Waals surface area contributed by atoms with Crippen molar-refractivity contribution in [2.45, 2.75) is 0 Å². The van der Waals surface area contributed by atoms with E-state index < -0.39 is 0 Å². The van der Waals surface area contributed by atoms with Gasteiger partial charge in [-0.1, -0.05) is 29.3 Å². The smallest absolute Gasteiger partial charge is 0.279 e. The molecule has 0 aliphatic carbocycles. The second-order valence-corrected chi connectivity index (χ2v) is 5.53.